The summed E-state index contributed by atoms with van der Waals surface area (Å²) in [6.07, 6.45) is -2.24. The van der Waals surface area contributed by atoms with Gasteiger partial charge in [-0.15, -0.1) is 11.3 Å². The van der Waals surface area contributed by atoms with E-state index in [4.69, 9.17) is 10.5 Å². The van der Waals surface area contributed by atoms with Crippen molar-refractivity contribution in [3.05, 3.63) is 33.6 Å². The SMILES string of the molecule is CCCNC(=O)c1ccc2c(c1)OCCc1sc(C(N=CN)=NCC(F)(F)F)nc1-2. The van der Waals surface area contributed by atoms with Crippen molar-refractivity contribution in [2.45, 2.75) is 25.9 Å². The quantitative estimate of drug-likeness (QED) is 0.552. The molecule has 11 heteroatoms. The number of aliphatic imine (C=N–C) groups is 2. The van der Waals surface area contributed by atoms with E-state index in [1.807, 2.05) is 6.92 Å². The fraction of sp³-hybridized carbons (Fsp3) is 0.368. The van der Waals surface area contributed by atoms with E-state index in [0.717, 1.165) is 17.6 Å². The number of ether oxygens (including phenoxy) is 1. The van der Waals surface area contributed by atoms with Gasteiger partial charge in [0.25, 0.3) is 5.91 Å². The number of rotatable bonds is 5. The van der Waals surface area contributed by atoms with Crippen molar-refractivity contribution >= 4 is 29.4 Å². The van der Waals surface area contributed by atoms with Crippen LogP contribution in [0.25, 0.3) is 11.3 Å². The van der Waals surface area contributed by atoms with Crippen LogP contribution >= 0.6 is 11.3 Å². The maximum atomic E-state index is 12.6. The van der Waals surface area contributed by atoms with Gasteiger partial charge >= 0.3 is 6.18 Å². The summed E-state index contributed by atoms with van der Waals surface area (Å²) in [5.74, 6) is 0.113. The number of benzene rings is 1. The predicted molar refractivity (Wildman–Crippen MR) is 110 cm³/mol. The van der Waals surface area contributed by atoms with Crippen LogP contribution in [0.1, 0.15) is 33.6 Å². The highest BCUT2D eigenvalue weighted by Crippen LogP contribution is 2.38. The molecule has 1 aromatic carbocycles. The van der Waals surface area contributed by atoms with E-state index in [9.17, 15) is 18.0 Å². The molecule has 7 nitrogen and oxygen atoms in total. The Kier molecular flexibility index (Phi) is 6.70. The van der Waals surface area contributed by atoms with Gasteiger partial charge in [0, 0.05) is 29.0 Å². The third-order valence-corrected chi connectivity index (χ3v) is 5.23. The van der Waals surface area contributed by atoms with Gasteiger partial charge in [0.15, 0.2) is 10.8 Å². The van der Waals surface area contributed by atoms with Gasteiger partial charge in [0.2, 0.25) is 0 Å². The molecule has 160 valence electrons. The van der Waals surface area contributed by atoms with Gasteiger partial charge in [-0.2, -0.15) is 13.2 Å². The van der Waals surface area contributed by atoms with Gasteiger partial charge in [-0.1, -0.05) is 6.92 Å². The van der Waals surface area contributed by atoms with Gasteiger partial charge in [-0.05, 0) is 24.6 Å². The van der Waals surface area contributed by atoms with Crippen LogP contribution in [0, 0.1) is 0 Å². The number of nitrogens with zero attached hydrogens (tertiary/aromatic N) is 3. The standard InChI is InChI=1S/C19H20F3N5O2S/c1-2-6-24-17(28)11-3-4-12-13(8-11)29-7-5-14-15(12)27-18(30-14)16(26-10-23)25-9-19(20,21)22/h3-4,8,10H,2,5-7,9H2,1H3,(H,24,28)(H2,23,25,26). The molecule has 0 radical (unpaired) electrons. The van der Waals surface area contributed by atoms with Crippen molar-refractivity contribution in [3.8, 4) is 17.0 Å². The molecule has 0 bridgehead atoms. The maximum absolute atomic E-state index is 12.6. The second-order valence-corrected chi connectivity index (χ2v) is 7.47. The van der Waals surface area contributed by atoms with Crippen molar-refractivity contribution in [2.24, 2.45) is 15.7 Å². The van der Waals surface area contributed by atoms with E-state index >= 15 is 0 Å². The molecule has 2 aromatic rings. The van der Waals surface area contributed by atoms with Crippen molar-refractivity contribution in [3.63, 3.8) is 0 Å². The summed E-state index contributed by atoms with van der Waals surface area (Å²) in [6, 6.07) is 5.03. The largest absolute Gasteiger partial charge is 0.492 e. The molecule has 3 N–H and O–H groups in total. The normalized spacial score (nSPS) is 14.1. The number of thiazole rings is 1. The Bertz CT molecular complexity index is 985. The van der Waals surface area contributed by atoms with E-state index < -0.39 is 12.7 Å². The Labute approximate surface area is 174 Å². The molecule has 1 aliphatic heterocycles. The molecule has 0 fully saturated rings. The highest BCUT2D eigenvalue weighted by molar-refractivity contribution is 7.14. The van der Waals surface area contributed by atoms with E-state index in [2.05, 4.69) is 20.3 Å². The predicted octanol–water partition coefficient (Wildman–Crippen LogP) is 3.18. The summed E-state index contributed by atoms with van der Waals surface area (Å²) in [5.41, 5.74) is 6.97. The van der Waals surface area contributed by atoms with Gasteiger partial charge in [-0.25, -0.2) is 9.98 Å². The second kappa shape index (κ2) is 9.24. The van der Waals surface area contributed by atoms with Crippen molar-refractivity contribution in [1.29, 1.82) is 0 Å². The Morgan fingerprint density at radius 3 is 2.93 bits per heavy atom. The van der Waals surface area contributed by atoms with E-state index in [1.165, 1.54) is 11.3 Å². The Hall–Kier alpha value is -2.95. The molecule has 1 aromatic heterocycles. The summed E-state index contributed by atoms with van der Waals surface area (Å²) in [7, 11) is 0. The lowest BCUT2D eigenvalue weighted by Crippen LogP contribution is -2.23. The minimum absolute atomic E-state index is 0.175. The zero-order valence-electron chi connectivity index (χ0n) is 16.1. The average Bonchev–Trinajstić information content (AvgIpc) is 3.04. The molecule has 0 unspecified atom stereocenters. The van der Waals surface area contributed by atoms with E-state index in [-0.39, 0.29) is 16.8 Å². The average molecular weight is 439 g/mol. The molecule has 0 spiro atoms. The first-order valence-corrected chi connectivity index (χ1v) is 10.0. The first kappa shape index (κ1) is 21.8. The Balaban J connectivity index is 1.97. The Morgan fingerprint density at radius 1 is 1.43 bits per heavy atom. The number of carbonyl (C=O) groups excluding carboxylic acids is 1. The smallest absolute Gasteiger partial charge is 0.408 e. The van der Waals surface area contributed by atoms with Crippen LogP contribution in [0.2, 0.25) is 0 Å². The number of carbonyl (C=O) groups is 1. The van der Waals surface area contributed by atoms with Gasteiger partial charge in [0.1, 0.15) is 12.3 Å². The summed E-state index contributed by atoms with van der Waals surface area (Å²) in [6.45, 7) is 1.50. The lowest BCUT2D eigenvalue weighted by atomic mass is 10.1. The molecule has 0 aliphatic carbocycles. The van der Waals surface area contributed by atoms with Crippen LogP contribution in [-0.2, 0) is 6.42 Å². The van der Waals surface area contributed by atoms with E-state index in [1.54, 1.807) is 18.2 Å². The number of alkyl halides is 3. The number of amides is 1. The fourth-order valence-corrected chi connectivity index (χ4v) is 3.82. The topological polar surface area (TPSA) is 102 Å². The van der Waals surface area contributed by atoms with Crippen LogP contribution in [0.15, 0.2) is 28.2 Å². The molecule has 1 amide bonds. The summed E-state index contributed by atoms with van der Waals surface area (Å²) in [5, 5.41) is 3.05. The van der Waals surface area contributed by atoms with Crippen LogP contribution in [0.4, 0.5) is 13.2 Å². The summed E-state index contributed by atoms with van der Waals surface area (Å²) < 4.78 is 43.5. The van der Waals surface area contributed by atoms with Gasteiger partial charge in [0.05, 0.1) is 18.6 Å². The first-order valence-electron chi connectivity index (χ1n) is 9.23. The number of amidine groups is 1. The number of aromatic nitrogens is 1. The second-order valence-electron chi connectivity index (χ2n) is 6.39. The summed E-state index contributed by atoms with van der Waals surface area (Å²) >= 11 is 1.19. The first-order chi connectivity index (χ1) is 14.3. The third-order valence-electron chi connectivity index (χ3n) is 4.11. The number of nitrogens with two attached hydrogens (primary N) is 1. The van der Waals surface area contributed by atoms with Gasteiger partial charge in [-0.3, -0.25) is 9.79 Å². The van der Waals surface area contributed by atoms with E-state index in [0.29, 0.717) is 42.1 Å². The molecular formula is C19H20F3N5O2S. The Morgan fingerprint density at radius 2 is 2.23 bits per heavy atom. The van der Waals surface area contributed by atoms with Crippen molar-refractivity contribution in [1.82, 2.24) is 10.3 Å². The monoisotopic (exact) mass is 439 g/mol. The molecule has 0 atom stereocenters. The molecule has 0 saturated carbocycles. The highest BCUT2D eigenvalue weighted by atomic mass is 32.1. The number of halogens is 3. The fourth-order valence-electron chi connectivity index (χ4n) is 2.80. The molecule has 3 rings (SSSR count). The number of hydrogen-bond acceptors (Lipinski definition) is 5. The number of hydrogen-bond donors (Lipinski definition) is 2. The zero-order valence-corrected chi connectivity index (χ0v) is 16.9. The van der Waals surface area contributed by atoms with Crippen LogP contribution in [0.5, 0.6) is 5.75 Å². The van der Waals surface area contributed by atoms with Gasteiger partial charge < -0.3 is 15.8 Å². The van der Waals surface area contributed by atoms with Crippen LogP contribution < -0.4 is 15.8 Å². The minimum Gasteiger partial charge on any atom is -0.492 e. The third kappa shape index (κ3) is 5.15. The molecular weight excluding hydrogens is 419 g/mol. The van der Waals surface area contributed by atoms with Crippen molar-refractivity contribution < 1.29 is 22.7 Å². The minimum atomic E-state index is -4.46. The number of fused-ring (bicyclic) bond motifs is 3. The lowest BCUT2D eigenvalue weighted by molar-refractivity contribution is -0.118. The molecule has 2 heterocycles. The van der Waals surface area contributed by atoms with Crippen molar-refractivity contribution in [2.75, 3.05) is 19.7 Å². The highest BCUT2D eigenvalue weighted by Gasteiger charge is 2.28. The lowest BCUT2D eigenvalue weighted by Gasteiger charge is -2.10. The molecule has 0 saturated heterocycles. The van der Waals surface area contributed by atoms with Crippen LogP contribution in [0.3, 0.4) is 0 Å². The van der Waals surface area contributed by atoms with Crippen LogP contribution in [-0.4, -0.2) is 48.9 Å². The summed E-state index contributed by atoms with van der Waals surface area (Å²) in [4.78, 5) is 24.8. The maximum Gasteiger partial charge on any atom is 0.408 e. The zero-order chi connectivity index (χ0) is 21.7. The molecule has 1 aliphatic rings. The molecule has 30 heavy (non-hydrogen) atoms. The number of nitrogens with one attached hydrogen (secondary N) is 1.